The summed E-state index contributed by atoms with van der Waals surface area (Å²) in [7, 11) is 0. The first kappa shape index (κ1) is 13.9. The van der Waals surface area contributed by atoms with Gasteiger partial charge in [0.15, 0.2) is 11.7 Å². The van der Waals surface area contributed by atoms with E-state index in [0.717, 1.165) is 40.1 Å². The molecule has 0 fully saturated rings. The summed E-state index contributed by atoms with van der Waals surface area (Å²) in [6.45, 7) is 0. The second-order valence-electron chi connectivity index (χ2n) is 4.96. The van der Waals surface area contributed by atoms with Crippen molar-refractivity contribution in [3.63, 3.8) is 0 Å². The van der Waals surface area contributed by atoms with E-state index in [1.807, 2.05) is 42.5 Å². The molecule has 2 aromatic carbocycles. The van der Waals surface area contributed by atoms with Crippen LogP contribution < -0.4 is 4.74 Å². The molecule has 110 valence electrons. The van der Waals surface area contributed by atoms with Gasteiger partial charge in [-0.2, -0.15) is 0 Å². The fourth-order valence-corrected chi connectivity index (χ4v) is 3.07. The molecule has 0 radical (unpaired) electrons. The van der Waals surface area contributed by atoms with Crippen molar-refractivity contribution in [1.82, 2.24) is 4.98 Å². The fourth-order valence-electron chi connectivity index (χ4n) is 2.56. The van der Waals surface area contributed by atoms with E-state index in [1.165, 1.54) is 0 Å². The van der Waals surface area contributed by atoms with Crippen molar-refractivity contribution in [3.05, 3.63) is 53.4 Å². The Balaban J connectivity index is 2.02. The van der Waals surface area contributed by atoms with Gasteiger partial charge in [-0.1, -0.05) is 39.7 Å². The molecule has 1 aliphatic rings. The third kappa shape index (κ3) is 2.23. The lowest BCUT2D eigenvalue weighted by molar-refractivity contribution is 0.480. The van der Waals surface area contributed by atoms with Crippen molar-refractivity contribution in [2.24, 2.45) is 0 Å². The number of fused-ring (bicyclic) bond motifs is 5. The summed E-state index contributed by atoms with van der Waals surface area (Å²) in [5.74, 6) is 2.89. The van der Waals surface area contributed by atoms with Gasteiger partial charge in [0.1, 0.15) is 17.2 Å². The van der Waals surface area contributed by atoms with Crippen molar-refractivity contribution < 1.29 is 9.15 Å². The van der Waals surface area contributed by atoms with Crippen LogP contribution in [0.5, 0.6) is 11.5 Å². The number of alkyl halides is 1. The highest BCUT2D eigenvalue weighted by molar-refractivity contribution is 9.09. The summed E-state index contributed by atoms with van der Waals surface area (Å²) in [4.78, 5) is 4.65. The van der Waals surface area contributed by atoms with Crippen LogP contribution >= 0.6 is 27.5 Å². The molecular formula is C17H11BrClNO2. The van der Waals surface area contributed by atoms with Crippen LogP contribution in [0.3, 0.4) is 0 Å². The van der Waals surface area contributed by atoms with Crippen LogP contribution in [-0.2, 0) is 6.42 Å². The number of ether oxygens (including phenoxy) is 1. The average Bonchev–Trinajstić information content (AvgIpc) is 2.89. The molecule has 0 spiro atoms. The summed E-state index contributed by atoms with van der Waals surface area (Å²) in [6, 6.07) is 13.3. The first-order valence-corrected chi connectivity index (χ1v) is 8.39. The molecule has 22 heavy (non-hydrogen) atoms. The number of para-hydroxylation sites is 1. The Morgan fingerprint density at radius 1 is 1.05 bits per heavy atom. The fraction of sp³-hybridized carbons (Fsp3) is 0.118. The van der Waals surface area contributed by atoms with Gasteiger partial charge < -0.3 is 9.15 Å². The normalized spacial score (nSPS) is 11.9. The Labute approximate surface area is 141 Å². The summed E-state index contributed by atoms with van der Waals surface area (Å²) in [5, 5.41) is 1.44. The SMILES string of the molecule is Clc1ccc2c(c1)-c1oc(CCBr)nc1-c1ccccc1O2. The monoisotopic (exact) mass is 375 g/mol. The Kier molecular flexibility index (Phi) is 3.43. The summed E-state index contributed by atoms with van der Waals surface area (Å²) < 4.78 is 12.0. The molecule has 1 aromatic heterocycles. The second kappa shape index (κ2) is 5.45. The number of hydrogen-bond acceptors (Lipinski definition) is 3. The number of halogens is 2. The second-order valence-corrected chi connectivity index (χ2v) is 6.19. The van der Waals surface area contributed by atoms with Crippen LogP contribution in [-0.4, -0.2) is 10.3 Å². The smallest absolute Gasteiger partial charge is 0.196 e. The van der Waals surface area contributed by atoms with E-state index in [9.17, 15) is 0 Å². The highest BCUT2D eigenvalue weighted by Crippen LogP contribution is 2.47. The molecule has 1 aliphatic heterocycles. The van der Waals surface area contributed by atoms with E-state index in [2.05, 4.69) is 20.9 Å². The lowest BCUT2D eigenvalue weighted by atomic mass is 10.1. The largest absolute Gasteiger partial charge is 0.456 e. The van der Waals surface area contributed by atoms with Crippen molar-refractivity contribution in [2.45, 2.75) is 6.42 Å². The number of aromatic nitrogens is 1. The molecular weight excluding hydrogens is 366 g/mol. The highest BCUT2D eigenvalue weighted by Gasteiger charge is 2.26. The Morgan fingerprint density at radius 2 is 1.86 bits per heavy atom. The van der Waals surface area contributed by atoms with Crippen LogP contribution in [0.1, 0.15) is 5.89 Å². The predicted molar refractivity (Wildman–Crippen MR) is 90.0 cm³/mol. The van der Waals surface area contributed by atoms with Crippen molar-refractivity contribution >= 4 is 27.5 Å². The first-order valence-electron chi connectivity index (χ1n) is 6.89. The minimum atomic E-state index is 0.637. The molecule has 4 rings (SSSR count). The molecule has 0 saturated heterocycles. The summed E-state index contributed by atoms with van der Waals surface area (Å²) >= 11 is 9.57. The Hall–Kier alpha value is -1.78. The third-order valence-corrected chi connectivity index (χ3v) is 4.16. The number of oxazole rings is 1. The van der Waals surface area contributed by atoms with Crippen LogP contribution in [0.15, 0.2) is 46.9 Å². The van der Waals surface area contributed by atoms with E-state index in [-0.39, 0.29) is 0 Å². The van der Waals surface area contributed by atoms with Gasteiger partial charge in [-0.05, 0) is 30.3 Å². The maximum Gasteiger partial charge on any atom is 0.196 e. The van der Waals surface area contributed by atoms with Crippen LogP contribution in [0.4, 0.5) is 0 Å². The maximum atomic E-state index is 6.15. The van der Waals surface area contributed by atoms with E-state index >= 15 is 0 Å². The Bertz CT molecular complexity index is 860. The van der Waals surface area contributed by atoms with Crippen LogP contribution in [0.25, 0.3) is 22.6 Å². The number of rotatable bonds is 2. The maximum absolute atomic E-state index is 6.15. The predicted octanol–water partition coefficient (Wildman–Crippen LogP) is 5.71. The highest BCUT2D eigenvalue weighted by atomic mass is 79.9. The van der Waals surface area contributed by atoms with Gasteiger partial charge in [-0.15, -0.1) is 0 Å². The number of aryl methyl sites for hydroxylation is 1. The molecule has 0 amide bonds. The van der Waals surface area contributed by atoms with Gasteiger partial charge in [-0.25, -0.2) is 4.98 Å². The standard InChI is InChI=1S/C17H11BrClNO2/c18-8-7-15-20-16-11-3-1-2-4-13(11)21-14-6-5-10(19)9-12(14)17(16)22-15/h1-6,9H,7-8H2. The lowest BCUT2D eigenvalue weighted by Crippen LogP contribution is -1.88. The van der Waals surface area contributed by atoms with Crippen molar-refractivity contribution in [2.75, 3.05) is 5.33 Å². The van der Waals surface area contributed by atoms with Crippen LogP contribution in [0, 0.1) is 0 Å². The van der Waals surface area contributed by atoms with Gasteiger partial charge in [0.2, 0.25) is 0 Å². The van der Waals surface area contributed by atoms with E-state index in [0.29, 0.717) is 16.7 Å². The van der Waals surface area contributed by atoms with Crippen LogP contribution in [0.2, 0.25) is 5.02 Å². The van der Waals surface area contributed by atoms with Gasteiger partial charge in [-0.3, -0.25) is 0 Å². The van der Waals surface area contributed by atoms with Gasteiger partial charge in [0.05, 0.1) is 5.56 Å². The minimum Gasteiger partial charge on any atom is -0.456 e. The zero-order chi connectivity index (χ0) is 15.1. The summed E-state index contributed by atoms with van der Waals surface area (Å²) in [5.41, 5.74) is 2.55. The zero-order valence-electron chi connectivity index (χ0n) is 11.5. The number of nitrogens with zero attached hydrogens (tertiary/aromatic N) is 1. The molecule has 0 N–H and O–H groups in total. The molecule has 2 heterocycles. The molecule has 5 heteroatoms. The van der Waals surface area contributed by atoms with E-state index < -0.39 is 0 Å². The number of hydrogen-bond donors (Lipinski definition) is 0. The Morgan fingerprint density at radius 3 is 2.73 bits per heavy atom. The van der Waals surface area contributed by atoms with Crippen molar-refractivity contribution in [3.8, 4) is 34.1 Å². The average molecular weight is 377 g/mol. The molecule has 3 nitrogen and oxygen atoms in total. The van der Waals surface area contributed by atoms with Gasteiger partial charge in [0, 0.05) is 22.3 Å². The van der Waals surface area contributed by atoms with E-state index in [1.54, 1.807) is 0 Å². The molecule has 0 saturated carbocycles. The summed E-state index contributed by atoms with van der Waals surface area (Å²) in [6.07, 6.45) is 0.728. The quantitative estimate of drug-likeness (QED) is 0.421. The van der Waals surface area contributed by atoms with Gasteiger partial charge >= 0.3 is 0 Å². The zero-order valence-corrected chi connectivity index (χ0v) is 13.8. The third-order valence-electron chi connectivity index (χ3n) is 3.53. The molecule has 3 aromatic rings. The lowest BCUT2D eigenvalue weighted by Gasteiger charge is -2.08. The molecule has 0 unspecified atom stereocenters. The molecule has 0 bridgehead atoms. The minimum absolute atomic E-state index is 0.637. The first-order chi connectivity index (χ1) is 10.8. The molecule has 0 aliphatic carbocycles. The van der Waals surface area contributed by atoms with E-state index in [4.69, 9.17) is 20.8 Å². The van der Waals surface area contributed by atoms with Crippen molar-refractivity contribution in [1.29, 1.82) is 0 Å². The van der Waals surface area contributed by atoms with Gasteiger partial charge in [0.25, 0.3) is 0 Å². The molecule has 0 atom stereocenters. The topological polar surface area (TPSA) is 35.3 Å². The number of benzene rings is 2.